The number of carbonyl (C=O) groups is 5. The highest BCUT2D eigenvalue weighted by molar-refractivity contribution is 6.32. The van der Waals surface area contributed by atoms with Gasteiger partial charge < -0.3 is 15.3 Å². The summed E-state index contributed by atoms with van der Waals surface area (Å²) in [5.41, 5.74) is -0.737. The summed E-state index contributed by atoms with van der Waals surface area (Å²) in [4.78, 5) is 70.7. The van der Waals surface area contributed by atoms with Gasteiger partial charge in [-0.25, -0.2) is 19.0 Å². The average Bonchev–Trinajstić information content (AvgIpc) is 3.46. The normalized spacial score (nSPS) is 27.3. The second-order valence-electron chi connectivity index (χ2n) is 13.5. The van der Waals surface area contributed by atoms with Gasteiger partial charge in [-0.3, -0.25) is 19.2 Å². The van der Waals surface area contributed by atoms with E-state index in [9.17, 15) is 43.7 Å². The molecule has 0 radical (unpaired) electrons. The molecule has 2 aliphatic heterocycles. The van der Waals surface area contributed by atoms with E-state index in [1.165, 1.54) is 18.2 Å². The van der Waals surface area contributed by atoms with Gasteiger partial charge in [0, 0.05) is 22.9 Å². The van der Waals surface area contributed by atoms with E-state index in [0.29, 0.717) is 16.5 Å². The summed E-state index contributed by atoms with van der Waals surface area (Å²) < 4.78 is 14.2. The van der Waals surface area contributed by atoms with Crippen LogP contribution < -0.4 is 9.80 Å². The Bertz CT molecular complexity index is 2270. The average molecular weight is 695 g/mol. The number of carbonyl (C=O) groups excluding carboxylic acids is 4. The lowest BCUT2D eigenvalue weighted by Crippen LogP contribution is -2.48. The number of anilines is 2. The monoisotopic (exact) mass is 694 g/mol. The Hall–Kier alpha value is -5.55. The number of benzene rings is 4. The first-order chi connectivity index (χ1) is 23.8. The molecule has 50 heavy (non-hydrogen) atoms. The maximum absolute atomic E-state index is 14.7. The summed E-state index contributed by atoms with van der Waals surface area (Å²) in [5.74, 6) is -9.44. The molecule has 2 saturated heterocycles. The topological polar surface area (TPSA) is 153 Å². The molecule has 10 nitrogen and oxygen atoms in total. The van der Waals surface area contributed by atoms with Crippen LogP contribution in [0.3, 0.4) is 0 Å². The molecule has 4 aliphatic rings. The second-order valence-corrected chi connectivity index (χ2v) is 13.9. The number of phenols is 2. The highest BCUT2D eigenvalue weighted by atomic mass is 35.5. The Morgan fingerprint density at radius 3 is 2.32 bits per heavy atom. The van der Waals surface area contributed by atoms with Gasteiger partial charge in [0.05, 0.1) is 39.6 Å². The van der Waals surface area contributed by atoms with Crippen LogP contribution in [0.5, 0.6) is 11.5 Å². The number of phenolic OH excluding ortho intramolecular Hbond substituents is 1. The number of halogens is 2. The van der Waals surface area contributed by atoms with Crippen LogP contribution in [0.4, 0.5) is 15.8 Å². The van der Waals surface area contributed by atoms with Gasteiger partial charge in [0.25, 0.3) is 0 Å². The van der Waals surface area contributed by atoms with Crippen LogP contribution >= 0.6 is 11.6 Å². The lowest BCUT2D eigenvalue weighted by atomic mass is 9.51. The molecule has 2 aliphatic carbocycles. The highest BCUT2D eigenvalue weighted by Crippen LogP contribution is 2.65. The van der Waals surface area contributed by atoms with Crippen molar-refractivity contribution in [2.24, 2.45) is 29.1 Å². The predicted octanol–water partition coefficient (Wildman–Crippen LogP) is 6.18. The Kier molecular flexibility index (Phi) is 6.96. The van der Waals surface area contributed by atoms with E-state index in [0.717, 1.165) is 33.4 Å². The number of amides is 4. The fourth-order valence-electron chi connectivity index (χ4n) is 8.83. The summed E-state index contributed by atoms with van der Waals surface area (Å²) in [6.07, 6.45) is 1.99. The lowest BCUT2D eigenvalue weighted by molar-refractivity contribution is -0.131. The van der Waals surface area contributed by atoms with Crippen molar-refractivity contribution in [1.29, 1.82) is 0 Å². The van der Waals surface area contributed by atoms with Gasteiger partial charge in [0.15, 0.2) is 0 Å². The quantitative estimate of drug-likeness (QED) is 0.169. The number of rotatable bonds is 4. The van der Waals surface area contributed by atoms with Gasteiger partial charge in [-0.05, 0) is 61.4 Å². The molecule has 4 aromatic rings. The molecule has 3 fully saturated rings. The Labute approximate surface area is 289 Å². The summed E-state index contributed by atoms with van der Waals surface area (Å²) in [6.45, 7) is 1.67. The zero-order valence-electron chi connectivity index (χ0n) is 26.3. The van der Waals surface area contributed by atoms with E-state index in [2.05, 4.69) is 0 Å². The third-order valence-corrected chi connectivity index (χ3v) is 11.4. The number of allylic oxidation sites excluding steroid dienone is 2. The van der Waals surface area contributed by atoms with E-state index in [1.807, 2.05) is 24.3 Å². The number of carboxylic acids is 1. The molecule has 1 saturated carbocycles. The SMILES string of the molecule is CC12C(=O)N(c3ccc(F)c(Cl)c3)C(=O)C1CC1C(=CCC3C(=O)N(c4ccc(C(=O)O)c(O)c4)C(=O)C31)C2c1ccc2ccccc2c1O. The predicted molar refractivity (Wildman–Crippen MR) is 179 cm³/mol. The number of carboxylic acid groups (broad SMARTS) is 1. The molecule has 4 amide bonds. The molecule has 8 rings (SSSR count). The Morgan fingerprint density at radius 1 is 0.880 bits per heavy atom. The number of aromatic hydroxyl groups is 2. The van der Waals surface area contributed by atoms with Crippen LogP contribution in [0.2, 0.25) is 5.02 Å². The number of fused-ring (bicyclic) bond motifs is 5. The van der Waals surface area contributed by atoms with Crippen LogP contribution in [0.15, 0.2) is 84.4 Å². The maximum Gasteiger partial charge on any atom is 0.339 e. The molecule has 0 aromatic heterocycles. The summed E-state index contributed by atoms with van der Waals surface area (Å²) in [7, 11) is 0. The molecule has 3 N–H and O–H groups in total. The number of imide groups is 2. The zero-order valence-corrected chi connectivity index (χ0v) is 27.1. The van der Waals surface area contributed by atoms with Crippen LogP contribution in [0.25, 0.3) is 10.8 Å². The standard InChI is InChI=1S/C38H28ClFN2O8/c1-38-26(34(46)42(37(38)50)18-8-13-28(40)27(39)14-18)16-25-21(31(38)24-9-6-17-4-2-3-5-20(17)32(24)44)11-12-23-30(25)35(47)41(33(23)45)19-7-10-22(36(48)49)29(43)15-19/h2-11,13-15,23,25-26,30-31,43-44H,12,16H2,1H3,(H,48,49). The molecule has 2 heterocycles. The van der Waals surface area contributed by atoms with Gasteiger partial charge in [-0.15, -0.1) is 0 Å². The maximum atomic E-state index is 14.7. The van der Waals surface area contributed by atoms with Gasteiger partial charge in [-0.2, -0.15) is 0 Å². The highest BCUT2D eigenvalue weighted by Gasteiger charge is 2.68. The van der Waals surface area contributed by atoms with Crippen molar-refractivity contribution in [3.05, 3.63) is 106 Å². The number of nitrogens with zero attached hydrogens (tertiary/aromatic N) is 2. The van der Waals surface area contributed by atoms with Crippen LogP contribution in [0, 0.1) is 34.9 Å². The lowest BCUT2D eigenvalue weighted by Gasteiger charge is -2.49. The zero-order chi connectivity index (χ0) is 35.4. The van der Waals surface area contributed by atoms with Crippen molar-refractivity contribution >= 4 is 63.3 Å². The van der Waals surface area contributed by atoms with E-state index in [-0.39, 0.29) is 35.0 Å². The first-order valence-electron chi connectivity index (χ1n) is 16.0. The van der Waals surface area contributed by atoms with Crippen molar-refractivity contribution in [1.82, 2.24) is 0 Å². The first-order valence-corrected chi connectivity index (χ1v) is 16.4. The minimum atomic E-state index is -1.46. The summed E-state index contributed by atoms with van der Waals surface area (Å²) in [5, 5.41) is 32.5. The fraction of sp³-hybridized carbons (Fsp3) is 0.237. The van der Waals surface area contributed by atoms with E-state index < -0.39 is 81.7 Å². The van der Waals surface area contributed by atoms with Crippen molar-refractivity contribution in [3.8, 4) is 11.5 Å². The van der Waals surface area contributed by atoms with Gasteiger partial charge in [0.1, 0.15) is 22.9 Å². The summed E-state index contributed by atoms with van der Waals surface area (Å²) >= 11 is 6.08. The van der Waals surface area contributed by atoms with Crippen LogP contribution in [0.1, 0.15) is 41.6 Å². The number of hydrogen-bond donors (Lipinski definition) is 3. The molecule has 12 heteroatoms. The van der Waals surface area contributed by atoms with Gasteiger partial charge in [0.2, 0.25) is 23.6 Å². The van der Waals surface area contributed by atoms with Crippen molar-refractivity contribution in [3.63, 3.8) is 0 Å². The van der Waals surface area contributed by atoms with E-state index >= 15 is 0 Å². The molecule has 252 valence electrons. The summed E-state index contributed by atoms with van der Waals surface area (Å²) in [6, 6.07) is 17.7. The van der Waals surface area contributed by atoms with Crippen LogP contribution in [-0.4, -0.2) is 44.9 Å². The second kappa shape index (κ2) is 11.0. The fourth-order valence-corrected chi connectivity index (χ4v) is 9.00. The van der Waals surface area contributed by atoms with E-state index in [4.69, 9.17) is 11.6 Å². The van der Waals surface area contributed by atoms with Gasteiger partial charge >= 0.3 is 5.97 Å². The largest absolute Gasteiger partial charge is 0.507 e. The number of hydrogen-bond acceptors (Lipinski definition) is 7. The molecular weight excluding hydrogens is 667 g/mol. The van der Waals surface area contributed by atoms with Crippen molar-refractivity contribution in [2.75, 3.05) is 9.80 Å². The molecule has 4 aromatic carbocycles. The van der Waals surface area contributed by atoms with Crippen molar-refractivity contribution in [2.45, 2.75) is 25.7 Å². The van der Waals surface area contributed by atoms with Gasteiger partial charge in [-0.1, -0.05) is 59.6 Å². The molecular formula is C38H28ClFN2O8. The van der Waals surface area contributed by atoms with Crippen LogP contribution in [-0.2, 0) is 19.2 Å². The minimum absolute atomic E-state index is 0.00862. The first kappa shape index (κ1) is 31.7. The third kappa shape index (κ3) is 4.22. The van der Waals surface area contributed by atoms with Crippen molar-refractivity contribution < 1.29 is 43.7 Å². The molecule has 6 atom stereocenters. The smallest absolute Gasteiger partial charge is 0.339 e. The minimum Gasteiger partial charge on any atom is -0.507 e. The number of aromatic carboxylic acids is 1. The third-order valence-electron chi connectivity index (χ3n) is 11.1. The Morgan fingerprint density at radius 2 is 1.60 bits per heavy atom. The van der Waals surface area contributed by atoms with E-state index in [1.54, 1.807) is 25.1 Å². The molecule has 0 spiro atoms. The Balaban J connectivity index is 1.28. The molecule has 6 unspecified atom stereocenters. The molecule has 0 bridgehead atoms.